The number of hydrogen-bond acceptors (Lipinski definition) is 5. The molecule has 0 aromatic carbocycles. The number of nitrogens with one attached hydrogen (secondary N) is 4. The Hall–Kier alpha value is -2.41. The molecule has 0 aliphatic rings. The van der Waals surface area contributed by atoms with Gasteiger partial charge in [0.25, 0.3) is 0 Å². The second kappa shape index (κ2) is 11.2. The second-order valence-electron chi connectivity index (χ2n) is 4.46. The lowest BCUT2D eigenvalue weighted by Crippen LogP contribution is -2.41. The summed E-state index contributed by atoms with van der Waals surface area (Å²) in [6.07, 6.45) is 3.51. The van der Waals surface area contributed by atoms with Gasteiger partial charge in [0.15, 0.2) is 12.2 Å². The average Bonchev–Trinajstić information content (AvgIpc) is 2.95. The molecular formula is C13H23N9S. The van der Waals surface area contributed by atoms with Crippen LogP contribution in [0, 0.1) is 18.4 Å². The third kappa shape index (κ3) is 7.96. The first-order chi connectivity index (χ1) is 11.2. The predicted octanol–water partition coefficient (Wildman–Crippen LogP) is -0.498. The van der Waals surface area contributed by atoms with E-state index in [4.69, 9.17) is 11.0 Å². The van der Waals surface area contributed by atoms with Crippen LogP contribution < -0.4 is 21.7 Å². The number of H-pyrrole nitrogens is 1. The molecule has 0 saturated carbocycles. The molecule has 23 heavy (non-hydrogen) atoms. The van der Waals surface area contributed by atoms with Gasteiger partial charge in [-0.25, -0.2) is 4.98 Å². The van der Waals surface area contributed by atoms with Crippen molar-refractivity contribution in [3.63, 3.8) is 0 Å². The van der Waals surface area contributed by atoms with Crippen LogP contribution in [0.1, 0.15) is 11.4 Å². The van der Waals surface area contributed by atoms with Crippen molar-refractivity contribution in [3.05, 3.63) is 17.7 Å². The van der Waals surface area contributed by atoms with Crippen molar-refractivity contribution in [2.45, 2.75) is 12.7 Å². The van der Waals surface area contributed by atoms with Crippen LogP contribution >= 0.6 is 11.8 Å². The van der Waals surface area contributed by atoms with E-state index < -0.39 is 0 Å². The Bertz CT molecular complexity index is 558. The number of aliphatic imine (C=N–C) groups is 2. The van der Waals surface area contributed by atoms with Crippen LogP contribution in [-0.2, 0) is 5.75 Å². The molecular weight excluding hydrogens is 314 g/mol. The van der Waals surface area contributed by atoms with E-state index in [9.17, 15) is 0 Å². The van der Waals surface area contributed by atoms with Crippen LogP contribution in [0.15, 0.2) is 16.3 Å². The Kier molecular flexibility index (Phi) is 9.07. The molecule has 0 saturated heterocycles. The Morgan fingerprint density at radius 1 is 1.48 bits per heavy atom. The minimum atomic E-state index is 0.409. The molecule has 0 fully saturated rings. The number of aryl methyl sites for hydroxylation is 1. The number of nitrogens with two attached hydrogens (primary N) is 1. The van der Waals surface area contributed by atoms with Crippen molar-refractivity contribution in [2.75, 3.05) is 32.4 Å². The van der Waals surface area contributed by atoms with E-state index >= 15 is 0 Å². The van der Waals surface area contributed by atoms with Crippen molar-refractivity contribution in [1.82, 2.24) is 25.9 Å². The third-order valence-corrected chi connectivity index (χ3v) is 3.76. The van der Waals surface area contributed by atoms with E-state index in [0.29, 0.717) is 31.6 Å². The van der Waals surface area contributed by atoms with Gasteiger partial charge in [-0.15, -0.1) is 0 Å². The topological polar surface area (TPSA) is 139 Å². The third-order valence-electron chi connectivity index (χ3n) is 2.81. The maximum atomic E-state index is 8.48. The van der Waals surface area contributed by atoms with Crippen LogP contribution in [0.3, 0.4) is 0 Å². The number of aromatic amines is 1. The summed E-state index contributed by atoms with van der Waals surface area (Å²) in [4.78, 5) is 15.4. The standard InChI is InChI=1S/C13H23N9S/c1-10-11(22-9-21-10)7-23-6-5-18-12(15)17-3-4-19-13(16-2)20-8-14/h9H,3-7H2,1-2H3,(H,21,22)(H3,15,17,18)(H2,16,19,20). The monoisotopic (exact) mass is 337 g/mol. The molecule has 0 spiro atoms. The molecule has 0 unspecified atom stereocenters. The van der Waals surface area contributed by atoms with Crippen molar-refractivity contribution in [3.8, 4) is 6.19 Å². The molecule has 10 heteroatoms. The highest BCUT2D eigenvalue weighted by Gasteiger charge is 2.00. The van der Waals surface area contributed by atoms with Crippen molar-refractivity contribution in [2.24, 2.45) is 15.7 Å². The first-order valence-corrected chi connectivity index (χ1v) is 8.29. The van der Waals surface area contributed by atoms with E-state index in [1.54, 1.807) is 31.3 Å². The molecule has 0 aliphatic heterocycles. The van der Waals surface area contributed by atoms with Gasteiger partial charge in [-0.3, -0.25) is 15.3 Å². The highest BCUT2D eigenvalue weighted by atomic mass is 32.2. The van der Waals surface area contributed by atoms with E-state index in [2.05, 4.69) is 35.9 Å². The summed E-state index contributed by atoms with van der Waals surface area (Å²) in [7, 11) is 1.60. The second-order valence-corrected chi connectivity index (χ2v) is 5.56. The highest BCUT2D eigenvalue weighted by molar-refractivity contribution is 7.98. The van der Waals surface area contributed by atoms with Gasteiger partial charge in [0.05, 0.1) is 18.6 Å². The van der Waals surface area contributed by atoms with Gasteiger partial charge in [-0.05, 0) is 6.92 Å². The fourth-order valence-corrected chi connectivity index (χ4v) is 2.44. The Balaban J connectivity index is 2.08. The predicted molar refractivity (Wildman–Crippen MR) is 94.1 cm³/mol. The Morgan fingerprint density at radius 2 is 2.26 bits per heavy atom. The number of guanidine groups is 2. The van der Waals surface area contributed by atoms with Gasteiger partial charge < -0.3 is 21.4 Å². The summed E-state index contributed by atoms with van der Waals surface area (Å²) < 4.78 is 0. The van der Waals surface area contributed by atoms with E-state index in [0.717, 1.165) is 22.9 Å². The van der Waals surface area contributed by atoms with Gasteiger partial charge in [-0.1, -0.05) is 0 Å². The summed E-state index contributed by atoms with van der Waals surface area (Å²) in [5, 5.41) is 16.9. The van der Waals surface area contributed by atoms with Gasteiger partial charge in [-0.2, -0.15) is 17.0 Å². The molecule has 1 rings (SSSR count). The molecule has 0 bridgehead atoms. The summed E-state index contributed by atoms with van der Waals surface area (Å²) >= 11 is 1.77. The molecule has 6 N–H and O–H groups in total. The van der Waals surface area contributed by atoms with Gasteiger partial charge in [0.1, 0.15) is 0 Å². The summed E-state index contributed by atoms with van der Waals surface area (Å²) in [5.74, 6) is 2.58. The number of rotatable bonds is 8. The van der Waals surface area contributed by atoms with Gasteiger partial charge in [0.2, 0.25) is 5.96 Å². The maximum Gasteiger partial charge on any atom is 0.204 e. The largest absolute Gasteiger partial charge is 0.370 e. The normalized spacial score (nSPS) is 11.9. The average molecular weight is 337 g/mol. The van der Waals surface area contributed by atoms with Crippen LogP contribution in [0.5, 0.6) is 0 Å². The molecule has 0 radical (unpaired) electrons. The number of thioether (sulfide) groups is 1. The number of aromatic nitrogens is 2. The van der Waals surface area contributed by atoms with Crippen molar-refractivity contribution in [1.29, 1.82) is 5.26 Å². The highest BCUT2D eigenvalue weighted by Crippen LogP contribution is 2.11. The summed E-state index contributed by atoms with van der Waals surface area (Å²) in [6.45, 7) is 3.82. The first kappa shape index (κ1) is 18.6. The van der Waals surface area contributed by atoms with E-state index in [1.165, 1.54) is 0 Å². The lowest BCUT2D eigenvalue weighted by atomic mass is 10.4. The lowest BCUT2D eigenvalue weighted by Gasteiger charge is -2.08. The molecule has 0 amide bonds. The summed E-state index contributed by atoms with van der Waals surface area (Å²) in [5.41, 5.74) is 7.96. The fourth-order valence-electron chi connectivity index (χ4n) is 1.59. The molecule has 9 nitrogen and oxygen atoms in total. The van der Waals surface area contributed by atoms with Crippen LogP contribution in [0.25, 0.3) is 0 Å². The molecule has 1 aromatic heterocycles. The number of nitrogens with zero attached hydrogens (tertiary/aromatic N) is 4. The zero-order chi connectivity index (χ0) is 16.9. The van der Waals surface area contributed by atoms with E-state index in [1.807, 2.05) is 6.92 Å². The summed E-state index contributed by atoms with van der Waals surface area (Å²) in [6, 6.07) is 0. The van der Waals surface area contributed by atoms with Crippen LogP contribution in [0.2, 0.25) is 0 Å². The van der Waals surface area contributed by atoms with E-state index in [-0.39, 0.29) is 0 Å². The number of nitriles is 1. The van der Waals surface area contributed by atoms with Crippen LogP contribution in [0.4, 0.5) is 0 Å². The SMILES string of the molecule is CN=C(NC#N)NCCNC(N)=NCCSCc1nc[nH]c1C. The number of imidazole rings is 1. The zero-order valence-electron chi connectivity index (χ0n) is 13.4. The molecule has 1 aromatic rings. The van der Waals surface area contributed by atoms with Crippen molar-refractivity contribution < 1.29 is 0 Å². The molecule has 126 valence electrons. The lowest BCUT2D eigenvalue weighted by molar-refractivity contribution is 0.790. The minimum absolute atomic E-state index is 0.409. The van der Waals surface area contributed by atoms with Gasteiger partial charge >= 0.3 is 0 Å². The smallest absolute Gasteiger partial charge is 0.204 e. The Morgan fingerprint density at radius 3 is 2.91 bits per heavy atom. The fraction of sp³-hybridized carbons (Fsp3) is 0.538. The van der Waals surface area contributed by atoms with Gasteiger partial charge in [0, 0.05) is 37.3 Å². The minimum Gasteiger partial charge on any atom is -0.370 e. The van der Waals surface area contributed by atoms with Crippen molar-refractivity contribution >= 4 is 23.7 Å². The number of hydrogen-bond donors (Lipinski definition) is 5. The molecule has 0 atom stereocenters. The maximum absolute atomic E-state index is 8.48. The van der Waals surface area contributed by atoms with Crippen LogP contribution in [-0.4, -0.2) is 54.3 Å². The molecule has 0 aliphatic carbocycles. The first-order valence-electron chi connectivity index (χ1n) is 7.13. The zero-order valence-corrected chi connectivity index (χ0v) is 14.2. The quantitative estimate of drug-likeness (QED) is 0.142. The Labute approximate surface area is 140 Å². The molecule has 1 heterocycles.